The van der Waals surface area contributed by atoms with Gasteiger partial charge in [-0.1, -0.05) is 17.7 Å². The predicted octanol–water partition coefficient (Wildman–Crippen LogP) is 3.30. The molecule has 23 heavy (non-hydrogen) atoms. The first-order valence-electron chi connectivity index (χ1n) is 6.92. The number of benzene rings is 2. The highest BCUT2D eigenvalue weighted by atomic mass is 35.5. The van der Waals surface area contributed by atoms with Gasteiger partial charge in [0, 0.05) is 5.02 Å². The maximum absolute atomic E-state index is 12.4. The molecule has 2 aromatic rings. The minimum absolute atomic E-state index is 0.252. The molecule has 0 bridgehead atoms. The van der Waals surface area contributed by atoms with Crippen molar-refractivity contribution in [2.45, 2.75) is 6.54 Å². The number of hydrogen-bond donors (Lipinski definition) is 1. The van der Waals surface area contributed by atoms with E-state index in [2.05, 4.69) is 5.32 Å². The van der Waals surface area contributed by atoms with E-state index in [0.29, 0.717) is 27.8 Å². The van der Waals surface area contributed by atoms with Gasteiger partial charge in [-0.25, -0.2) is 0 Å². The van der Waals surface area contributed by atoms with Crippen LogP contribution in [0.3, 0.4) is 0 Å². The SMILES string of the molecule is COc1ccc(Cl)cc1C(=O)NCc1c(OC)cccc1OC. The van der Waals surface area contributed by atoms with Crippen molar-refractivity contribution in [2.75, 3.05) is 21.3 Å². The van der Waals surface area contributed by atoms with Crippen LogP contribution in [0.1, 0.15) is 15.9 Å². The van der Waals surface area contributed by atoms with Crippen LogP contribution in [-0.4, -0.2) is 27.2 Å². The largest absolute Gasteiger partial charge is 0.496 e. The van der Waals surface area contributed by atoms with E-state index in [9.17, 15) is 4.79 Å². The first-order valence-corrected chi connectivity index (χ1v) is 7.30. The van der Waals surface area contributed by atoms with Crippen molar-refractivity contribution in [3.63, 3.8) is 0 Å². The molecule has 0 unspecified atom stereocenters. The first kappa shape index (κ1) is 17.0. The fourth-order valence-electron chi connectivity index (χ4n) is 2.22. The summed E-state index contributed by atoms with van der Waals surface area (Å²) in [5, 5.41) is 3.29. The van der Waals surface area contributed by atoms with E-state index in [4.69, 9.17) is 25.8 Å². The Morgan fingerprint density at radius 3 is 2.17 bits per heavy atom. The molecule has 1 amide bonds. The summed E-state index contributed by atoms with van der Waals surface area (Å²) in [6.07, 6.45) is 0. The maximum Gasteiger partial charge on any atom is 0.255 e. The Bertz CT molecular complexity index is 681. The number of hydrogen-bond acceptors (Lipinski definition) is 4. The second-order valence-corrected chi connectivity index (χ2v) is 5.10. The summed E-state index contributed by atoms with van der Waals surface area (Å²) in [6.45, 7) is 0.252. The minimum atomic E-state index is -0.294. The highest BCUT2D eigenvalue weighted by Crippen LogP contribution is 2.28. The molecule has 0 aliphatic heterocycles. The number of nitrogens with one attached hydrogen (secondary N) is 1. The van der Waals surface area contributed by atoms with Crippen molar-refractivity contribution in [3.8, 4) is 17.2 Å². The molecular weight excluding hydrogens is 318 g/mol. The van der Waals surface area contributed by atoms with E-state index < -0.39 is 0 Å². The van der Waals surface area contributed by atoms with Gasteiger partial charge < -0.3 is 19.5 Å². The zero-order valence-electron chi connectivity index (χ0n) is 13.2. The standard InChI is InChI=1S/C17H18ClNO4/c1-21-14-5-4-6-15(22-2)13(14)10-19-17(20)12-9-11(18)7-8-16(12)23-3/h4-9H,10H2,1-3H3,(H,19,20). The molecule has 1 N–H and O–H groups in total. The van der Waals surface area contributed by atoms with Crippen molar-refractivity contribution in [2.24, 2.45) is 0 Å². The van der Waals surface area contributed by atoms with Crippen molar-refractivity contribution >= 4 is 17.5 Å². The van der Waals surface area contributed by atoms with Gasteiger partial charge in [0.1, 0.15) is 17.2 Å². The van der Waals surface area contributed by atoms with Gasteiger partial charge in [0.25, 0.3) is 5.91 Å². The number of methoxy groups -OCH3 is 3. The Kier molecular flexibility index (Phi) is 5.71. The number of rotatable bonds is 6. The van der Waals surface area contributed by atoms with Gasteiger partial charge in [0.15, 0.2) is 0 Å². The second kappa shape index (κ2) is 7.74. The third kappa shape index (κ3) is 3.87. The molecule has 0 saturated carbocycles. The number of amides is 1. The van der Waals surface area contributed by atoms with Gasteiger partial charge in [0.05, 0.1) is 39.0 Å². The van der Waals surface area contributed by atoms with E-state index in [1.165, 1.54) is 7.11 Å². The van der Waals surface area contributed by atoms with Crippen molar-refractivity contribution in [3.05, 3.63) is 52.5 Å². The average molecular weight is 336 g/mol. The van der Waals surface area contributed by atoms with Crippen molar-refractivity contribution in [1.29, 1.82) is 0 Å². The third-order valence-corrected chi connectivity index (χ3v) is 3.60. The van der Waals surface area contributed by atoms with E-state index in [1.54, 1.807) is 32.4 Å². The Morgan fingerprint density at radius 1 is 1.00 bits per heavy atom. The van der Waals surface area contributed by atoms with Crippen molar-refractivity contribution < 1.29 is 19.0 Å². The molecule has 2 aromatic carbocycles. The zero-order chi connectivity index (χ0) is 16.8. The van der Waals surface area contributed by atoms with Crippen LogP contribution >= 0.6 is 11.6 Å². The average Bonchev–Trinajstić information content (AvgIpc) is 2.59. The maximum atomic E-state index is 12.4. The number of ether oxygens (including phenoxy) is 3. The zero-order valence-corrected chi connectivity index (χ0v) is 13.9. The summed E-state index contributed by atoms with van der Waals surface area (Å²) < 4.78 is 15.8. The lowest BCUT2D eigenvalue weighted by molar-refractivity contribution is 0.0947. The monoisotopic (exact) mass is 335 g/mol. The Labute approximate surface area is 140 Å². The summed E-state index contributed by atoms with van der Waals surface area (Å²) in [4.78, 5) is 12.4. The summed E-state index contributed by atoms with van der Waals surface area (Å²) in [6, 6.07) is 10.3. The van der Waals surface area contributed by atoms with E-state index in [0.717, 1.165) is 5.56 Å². The number of carbonyl (C=O) groups excluding carboxylic acids is 1. The van der Waals surface area contributed by atoms with Crippen LogP contribution in [0.15, 0.2) is 36.4 Å². The molecule has 0 aromatic heterocycles. The normalized spacial score (nSPS) is 10.1. The lowest BCUT2D eigenvalue weighted by Gasteiger charge is -2.14. The third-order valence-electron chi connectivity index (χ3n) is 3.36. The highest BCUT2D eigenvalue weighted by molar-refractivity contribution is 6.31. The van der Waals surface area contributed by atoms with Gasteiger partial charge >= 0.3 is 0 Å². The fraction of sp³-hybridized carbons (Fsp3) is 0.235. The van der Waals surface area contributed by atoms with Crippen molar-refractivity contribution in [1.82, 2.24) is 5.32 Å². The summed E-state index contributed by atoms with van der Waals surface area (Å²) in [7, 11) is 4.64. The van der Waals surface area contributed by atoms with Gasteiger partial charge in [0.2, 0.25) is 0 Å². The fourth-order valence-corrected chi connectivity index (χ4v) is 2.40. The Morgan fingerprint density at radius 2 is 1.61 bits per heavy atom. The Hall–Kier alpha value is -2.40. The predicted molar refractivity (Wildman–Crippen MR) is 88.7 cm³/mol. The second-order valence-electron chi connectivity index (χ2n) is 4.67. The first-order chi connectivity index (χ1) is 11.1. The molecule has 0 aliphatic carbocycles. The lowest BCUT2D eigenvalue weighted by Crippen LogP contribution is -2.24. The lowest BCUT2D eigenvalue weighted by atomic mass is 10.1. The van der Waals surface area contributed by atoms with Crippen LogP contribution in [0, 0.1) is 0 Å². The number of carbonyl (C=O) groups is 1. The molecule has 0 heterocycles. The summed E-state index contributed by atoms with van der Waals surface area (Å²) in [5.41, 5.74) is 1.13. The van der Waals surface area contributed by atoms with E-state index >= 15 is 0 Å². The molecular formula is C17H18ClNO4. The highest BCUT2D eigenvalue weighted by Gasteiger charge is 2.15. The van der Waals surface area contributed by atoms with Gasteiger partial charge in [-0.05, 0) is 30.3 Å². The quantitative estimate of drug-likeness (QED) is 0.880. The van der Waals surface area contributed by atoms with Crippen LogP contribution in [0.4, 0.5) is 0 Å². The smallest absolute Gasteiger partial charge is 0.255 e. The molecule has 5 nitrogen and oxygen atoms in total. The molecule has 122 valence electrons. The van der Waals surface area contributed by atoms with Crippen LogP contribution in [0.5, 0.6) is 17.2 Å². The molecule has 2 rings (SSSR count). The van der Waals surface area contributed by atoms with E-state index in [1.807, 2.05) is 18.2 Å². The molecule has 0 fully saturated rings. The molecule has 0 spiro atoms. The Balaban J connectivity index is 2.22. The molecule has 0 saturated heterocycles. The molecule has 0 aliphatic rings. The minimum Gasteiger partial charge on any atom is -0.496 e. The molecule has 6 heteroatoms. The van der Waals surface area contributed by atoms with Gasteiger partial charge in [-0.3, -0.25) is 4.79 Å². The van der Waals surface area contributed by atoms with Crippen LogP contribution in [0.2, 0.25) is 5.02 Å². The summed E-state index contributed by atoms with van der Waals surface area (Å²) in [5.74, 6) is 1.45. The molecule has 0 atom stereocenters. The van der Waals surface area contributed by atoms with Gasteiger partial charge in [-0.2, -0.15) is 0 Å². The van der Waals surface area contributed by atoms with E-state index in [-0.39, 0.29) is 12.5 Å². The topological polar surface area (TPSA) is 56.8 Å². The van der Waals surface area contributed by atoms with Gasteiger partial charge in [-0.15, -0.1) is 0 Å². The van der Waals surface area contributed by atoms with Crippen LogP contribution in [-0.2, 0) is 6.54 Å². The number of halogens is 1. The molecule has 0 radical (unpaired) electrons. The van der Waals surface area contributed by atoms with Crippen LogP contribution < -0.4 is 19.5 Å². The summed E-state index contributed by atoms with van der Waals surface area (Å²) >= 11 is 5.95. The van der Waals surface area contributed by atoms with Crippen LogP contribution in [0.25, 0.3) is 0 Å².